The fourth-order valence-corrected chi connectivity index (χ4v) is 3.74. The minimum absolute atomic E-state index is 0.0511. The molecule has 0 saturated carbocycles. The van der Waals surface area contributed by atoms with Crippen LogP contribution < -0.4 is 10.6 Å². The average molecular weight is 426 g/mol. The molecule has 0 bridgehead atoms. The van der Waals surface area contributed by atoms with E-state index in [1.807, 2.05) is 48.5 Å². The Kier molecular flexibility index (Phi) is 7.25. The van der Waals surface area contributed by atoms with Crippen molar-refractivity contribution >= 4 is 18.0 Å². The molecule has 4 N–H and O–H groups in total. The lowest BCUT2D eigenvalue weighted by molar-refractivity contribution is -0.140. The zero-order chi connectivity index (χ0) is 22.4. The normalized spacial score (nSPS) is 14.1. The molecular weight excluding hydrogens is 400 g/mol. The monoisotopic (exact) mass is 426 g/mol. The van der Waals surface area contributed by atoms with E-state index in [9.17, 15) is 19.5 Å². The van der Waals surface area contributed by atoms with Gasteiger partial charge in [0.05, 0.1) is 19.1 Å². The second-order valence-corrected chi connectivity index (χ2v) is 7.42. The van der Waals surface area contributed by atoms with E-state index in [4.69, 9.17) is 9.84 Å². The van der Waals surface area contributed by atoms with E-state index >= 15 is 0 Å². The van der Waals surface area contributed by atoms with Gasteiger partial charge in [0.15, 0.2) is 0 Å². The first kappa shape index (κ1) is 22.3. The number of carbonyl (C=O) groups excluding carboxylic acids is 2. The van der Waals surface area contributed by atoms with Crippen molar-refractivity contribution in [3.8, 4) is 11.1 Å². The van der Waals surface area contributed by atoms with Crippen molar-refractivity contribution < 1.29 is 29.3 Å². The second-order valence-electron chi connectivity index (χ2n) is 7.42. The number of carboxylic acid groups (broad SMARTS) is 1. The van der Waals surface area contributed by atoms with E-state index in [0.717, 1.165) is 22.3 Å². The molecule has 0 radical (unpaired) electrons. The summed E-state index contributed by atoms with van der Waals surface area (Å²) < 4.78 is 5.39. The molecule has 0 aliphatic heterocycles. The number of hydrogen-bond acceptors (Lipinski definition) is 5. The lowest BCUT2D eigenvalue weighted by Gasteiger charge is -2.21. The summed E-state index contributed by atoms with van der Waals surface area (Å²) in [4.78, 5) is 35.9. The van der Waals surface area contributed by atoms with Crippen LogP contribution in [0.15, 0.2) is 48.5 Å². The Labute approximate surface area is 180 Å². The zero-order valence-corrected chi connectivity index (χ0v) is 17.2. The first-order valence-corrected chi connectivity index (χ1v) is 10.2. The Morgan fingerprint density at radius 1 is 1.00 bits per heavy atom. The predicted molar refractivity (Wildman–Crippen MR) is 114 cm³/mol. The number of ether oxygens (including phenoxy) is 1. The molecule has 8 heteroatoms. The maximum Gasteiger partial charge on any atom is 0.407 e. The van der Waals surface area contributed by atoms with Crippen LogP contribution in [0, 0.1) is 0 Å². The third-order valence-electron chi connectivity index (χ3n) is 5.39. The van der Waals surface area contributed by atoms with E-state index in [1.54, 1.807) is 6.92 Å². The summed E-state index contributed by atoms with van der Waals surface area (Å²) in [5.41, 5.74) is 4.27. The van der Waals surface area contributed by atoms with Crippen LogP contribution in [0.4, 0.5) is 4.79 Å². The van der Waals surface area contributed by atoms with Crippen molar-refractivity contribution in [3.63, 3.8) is 0 Å². The minimum Gasteiger partial charge on any atom is -0.481 e. The fourth-order valence-electron chi connectivity index (χ4n) is 3.74. The highest BCUT2D eigenvalue weighted by Crippen LogP contribution is 2.44. The Hall–Kier alpha value is -3.39. The molecule has 3 rings (SSSR count). The first-order valence-electron chi connectivity index (χ1n) is 10.2. The third kappa shape index (κ3) is 5.21. The predicted octanol–water partition coefficient (Wildman–Crippen LogP) is 2.26. The van der Waals surface area contributed by atoms with Gasteiger partial charge in [0.2, 0.25) is 5.91 Å². The summed E-state index contributed by atoms with van der Waals surface area (Å²) in [6.45, 7) is 1.54. The summed E-state index contributed by atoms with van der Waals surface area (Å²) in [7, 11) is 0. The number of amides is 2. The van der Waals surface area contributed by atoms with Crippen LogP contribution >= 0.6 is 0 Å². The fraction of sp³-hybridized carbons (Fsp3) is 0.348. The van der Waals surface area contributed by atoms with E-state index in [0.29, 0.717) is 6.42 Å². The molecule has 1 aliphatic rings. The molecule has 0 saturated heterocycles. The second kappa shape index (κ2) is 10.1. The molecule has 8 nitrogen and oxygen atoms in total. The molecule has 2 amide bonds. The summed E-state index contributed by atoms with van der Waals surface area (Å²) >= 11 is 0. The third-order valence-corrected chi connectivity index (χ3v) is 5.39. The maximum absolute atomic E-state index is 12.4. The number of nitrogens with one attached hydrogen (secondary N) is 2. The van der Waals surface area contributed by atoms with E-state index in [2.05, 4.69) is 10.6 Å². The molecule has 2 atom stereocenters. The highest BCUT2D eigenvalue weighted by molar-refractivity contribution is 5.89. The lowest BCUT2D eigenvalue weighted by atomic mass is 9.98. The molecule has 31 heavy (non-hydrogen) atoms. The van der Waals surface area contributed by atoms with Gasteiger partial charge in [-0.05, 0) is 28.7 Å². The Morgan fingerprint density at radius 3 is 2.10 bits per heavy atom. The zero-order valence-electron chi connectivity index (χ0n) is 17.2. The Morgan fingerprint density at radius 2 is 1.58 bits per heavy atom. The summed E-state index contributed by atoms with van der Waals surface area (Å²) in [5, 5.41) is 23.2. The van der Waals surface area contributed by atoms with Crippen LogP contribution in [0.25, 0.3) is 11.1 Å². The number of alkyl carbamates (subject to hydrolysis) is 1. The van der Waals surface area contributed by atoms with Gasteiger partial charge in [0.1, 0.15) is 12.6 Å². The van der Waals surface area contributed by atoms with Crippen LogP contribution in [-0.2, 0) is 14.3 Å². The van der Waals surface area contributed by atoms with Crippen molar-refractivity contribution in [2.75, 3.05) is 13.2 Å². The number of hydrogen-bond donors (Lipinski definition) is 4. The number of aliphatic hydroxyl groups excluding tert-OH is 1. The number of aliphatic carboxylic acids is 1. The maximum atomic E-state index is 12.4. The van der Waals surface area contributed by atoms with E-state index in [-0.39, 0.29) is 19.1 Å². The average Bonchev–Trinajstić information content (AvgIpc) is 3.09. The van der Waals surface area contributed by atoms with Crippen molar-refractivity contribution in [2.24, 2.45) is 0 Å². The number of benzene rings is 2. The summed E-state index contributed by atoms with van der Waals surface area (Å²) in [5.74, 6) is -2.07. The Balaban J connectivity index is 1.66. The molecule has 1 aliphatic carbocycles. The highest BCUT2D eigenvalue weighted by atomic mass is 16.5. The number of carboxylic acids is 1. The van der Waals surface area contributed by atoms with Crippen molar-refractivity contribution in [3.05, 3.63) is 59.7 Å². The molecular formula is C23H26N2O6. The number of carbonyl (C=O) groups is 3. The van der Waals surface area contributed by atoms with E-state index < -0.39 is 36.5 Å². The molecule has 164 valence electrons. The van der Waals surface area contributed by atoms with Gasteiger partial charge in [0.25, 0.3) is 0 Å². The topological polar surface area (TPSA) is 125 Å². The largest absolute Gasteiger partial charge is 0.481 e. The highest BCUT2D eigenvalue weighted by Gasteiger charge is 2.30. The van der Waals surface area contributed by atoms with Crippen molar-refractivity contribution in [2.45, 2.75) is 37.8 Å². The SMILES string of the molecule is CC[C@H](CO)NC(=O)C(CC(=O)O)NC(=O)OCC1c2ccccc2-c2ccccc21. The minimum atomic E-state index is -1.31. The molecule has 0 heterocycles. The lowest BCUT2D eigenvalue weighted by Crippen LogP contribution is -2.51. The van der Waals surface area contributed by atoms with Gasteiger partial charge in [-0.2, -0.15) is 0 Å². The van der Waals surface area contributed by atoms with Crippen LogP contribution in [0.2, 0.25) is 0 Å². The van der Waals surface area contributed by atoms with Crippen LogP contribution in [0.5, 0.6) is 0 Å². The van der Waals surface area contributed by atoms with Crippen molar-refractivity contribution in [1.29, 1.82) is 0 Å². The number of fused-ring (bicyclic) bond motifs is 3. The molecule has 0 fully saturated rings. The smallest absolute Gasteiger partial charge is 0.407 e. The van der Waals surface area contributed by atoms with Gasteiger partial charge >= 0.3 is 12.1 Å². The quantitative estimate of drug-likeness (QED) is 0.487. The van der Waals surface area contributed by atoms with Gasteiger partial charge in [0, 0.05) is 5.92 Å². The molecule has 1 unspecified atom stereocenters. The summed E-state index contributed by atoms with van der Waals surface area (Å²) in [6, 6.07) is 13.9. The molecule has 0 spiro atoms. The van der Waals surface area contributed by atoms with Crippen LogP contribution in [0.3, 0.4) is 0 Å². The van der Waals surface area contributed by atoms with Gasteiger partial charge in [-0.3, -0.25) is 9.59 Å². The van der Waals surface area contributed by atoms with Gasteiger partial charge in [-0.25, -0.2) is 4.79 Å². The molecule has 2 aromatic rings. The molecule has 0 aromatic heterocycles. The number of rotatable bonds is 9. The van der Waals surface area contributed by atoms with Crippen molar-refractivity contribution in [1.82, 2.24) is 10.6 Å². The molecule has 2 aromatic carbocycles. The number of aliphatic hydroxyl groups is 1. The van der Waals surface area contributed by atoms with Gasteiger partial charge in [-0.15, -0.1) is 0 Å². The van der Waals surface area contributed by atoms with Gasteiger partial charge < -0.3 is 25.6 Å². The Bertz CT molecular complexity index is 911. The van der Waals surface area contributed by atoms with Crippen LogP contribution in [0.1, 0.15) is 36.8 Å². The standard InChI is InChI=1S/C23H26N2O6/c1-2-14(12-26)24-22(29)20(11-21(27)28)25-23(30)31-13-19-17-9-5-3-7-15(17)16-8-4-6-10-18(16)19/h3-10,14,19-20,26H,2,11-13H2,1H3,(H,24,29)(H,25,30)(H,27,28)/t14-,20?/m1/s1. The van der Waals surface area contributed by atoms with Crippen LogP contribution in [-0.4, -0.2) is 53.5 Å². The summed E-state index contributed by atoms with van der Waals surface area (Å²) in [6.07, 6.45) is -1.01. The van der Waals surface area contributed by atoms with Gasteiger partial charge in [-0.1, -0.05) is 55.5 Å². The first-order chi connectivity index (χ1) is 14.9. The van der Waals surface area contributed by atoms with E-state index in [1.165, 1.54) is 0 Å².